The molecule has 4 saturated carbocycles. The second-order valence-electron chi connectivity index (χ2n) is 25.3. The van der Waals surface area contributed by atoms with E-state index in [2.05, 4.69) is 47.6 Å². The quantitative estimate of drug-likeness (QED) is 0.0967. The fourth-order valence-corrected chi connectivity index (χ4v) is 16.9. The summed E-state index contributed by atoms with van der Waals surface area (Å²) in [6.45, 7) is 15.9. The maximum Gasteiger partial charge on any atom is 0.187 e. The Kier molecular flexibility index (Phi) is 14.8. The van der Waals surface area contributed by atoms with Gasteiger partial charge in [-0.25, -0.2) is 0 Å². The molecule has 6 heterocycles. The van der Waals surface area contributed by atoms with Gasteiger partial charge in [0.1, 0.15) is 79.4 Å². The number of ether oxygens (including phenoxy) is 10. The average Bonchev–Trinajstić information content (AvgIpc) is 3.85. The lowest BCUT2D eigenvalue weighted by atomic mass is 9.35. The van der Waals surface area contributed by atoms with Gasteiger partial charge in [-0.1, -0.05) is 39.3 Å². The number of aliphatic hydroxyl groups excluding tert-OH is 10. The lowest BCUT2D eigenvalue weighted by Gasteiger charge is -2.70. The number of allylic oxidation sites excluding steroid dienone is 1. The summed E-state index contributed by atoms with van der Waals surface area (Å²) >= 11 is 0. The first-order chi connectivity index (χ1) is 34.2. The van der Waals surface area contributed by atoms with Crippen LogP contribution < -0.4 is 0 Å². The van der Waals surface area contributed by atoms with Crippen molar-refractivity contribution >= 4 is 0 Å². The minimum atomic E-state index is -1.87. The smallest absolute Gasteiger partial charge is 0.187 e. The molecule has 73 heavy (non-hydrogen) atoms. The van der Waals surface area contributed by atoms with Gasteiger partial charge < -0.3 is 104 Å². The molecule has 2 spiro atoms. The molecule has 21 nitrogen and oxygen atoms in total. The zero-order valence-corrected chi connectivity index (χ0v) is 43.4. The molecule has 10 rings (SSSR count). The van der Waals surface area contributed by atoms with Gasteiger partial charge in [-0.15, -0.1) is 0 Å². The predicted molar refractivity (Wildman–Crippen MR) is 250 cm³/mol. The zero-order valence-electron chi connectivity index (χ0n) is 43.4. The number of rotatable bonds is 10. The number of fused-ring (bicyclic) bond motifs is 4. The molecule has 21 heteroatoms. The molecule has 2 bridgehead atoms. The van der Waals surface area contributed by atoms with Crippen molar-refractivity contribution in [3.05, 3.63) is 11.6 Å². The number of hydrogen-bond donors (Lipinski definition) is 11. The normalized spacial score (nSPS) is 57.5. The third-order valence-corrected chi connectivity index (χ3v) is 20.4. The Hall–Kier alpha value is -1.10. The molecule has 29 atom stereocenters. The van der Waals surface area contributed by atoms with Gasteiger partial charge in [0, 0.05) is 24.2 Å². The average molecular weight is 1050 g/mol. The molecule has 418 valence electrons. The number of aliphatic hydroxyl groups is 11. The van der Waals surface area contributed by atoms with E-state index in [0.29, 0.717) is 25.4 Å². The second kappa shape index (κ2) is 19.6. The van der Waals surface area contributed by atoms with Crippen LogP contribution in [0.4, 0.5) is 0 Å². The van der Waals surface area contributed by atoms with E-state index in [1.807, 2.05) is 6.92 Å². The van der Waals surface area contributed by atoms with Gasteiger partial charge in [0.2, 0.25) is 0 Å². The van der Waals surface area contributed by atoms with Gasteiger partial charge in [-0.2, -0.15) is 0 Å². The summed E-state index contributed by atoms with van der Waals surface area (Å²) in [7, 11) is 0. The van der Waals surface area contributed by atoms with Crippen LogP contribution in [0.1, 0.15) is 107 Å². The van der Waals surface area contributed by atoms with Crippen LogP contribution in [-0.4, -0.2) is 217 Å². The maximum atomic E-state index is 12.3. The molecule has 6 aliphatic heterocycles. The van der Waals surface area contributed by atoms with Crippen LogP contribution >= 0.6 is 0 Å². The van der Waals surface area contributed by atoms with E-state index in [1.54, 1.807) is 0 Å². The van der Waals surface area contributed by atoms with Crippen LogP contribution in [0, 0.1) is 45.3 Å². The highest BCUT2D eigenvalue weighted by Gasteiger charge is 2.81. The van der Waals surface area contributed by atoms with Crippen molar-refractivity contribution in [2.45, 2.75) is 241 Å². The molecule has 4 aliphatic carbocycles. The molecule has 4 unspecified atom stereocenters. The van der Waals surface area contributed by atoms with Crippen molar-refractivity contribution in [3.8, 4) is 0 Å². The molecular formula is C52H84O21. The molecular weight excluding hydrogens is 961 g/mol. The second-order valence-corrected chi connectivity index (χ2v) is 25.3. The van der Waals surface area contributed by atoms with Crippen molar-refractivity contribution in [1.29, 1.82) is 0 Å². The summed E-state index contributed by atoms with van der Waals surface area (Å²) in [6, 6.07) is 0. The topological polar surface area (TPSA) is 315 Å². The van der Waals surface area contributed by atoms with Gasteiger partial charge >= 0.3 is 0 Å². The standard InChI is InChI=1S/C52H84O21/c1-22(2)15-24-16-50(8,63)42-25-9-10-30-48(6)13-12-31(47(4,5)29(48)11-14-49(30,7)51(25)20-52(42,73-24)66-21-51)69-45-41(72-44-38(62)35(59)32(56)23(3)67-44)39(27(55)19-65-45)70-46-40(36(60)34(58)28(17-53)68-46)71-43-37(61)33(57)26(54)18-64-43/h15,23-46,53-63H,9-14,16-21H2,1-8H3/t23-,24+,25?,26+,27-,28+,29?,30?,31-,32-,33-,34+,35+,36-,37+,38+,39-,40+,41+,42?,43-,44-,45-,46-,48-,49+,50-,51-,52-/m0/s1. The molecule has 0 aromatic rings. The minimum absolute atomic E-state index is 0.108. The van der Waals surface area contributed by atoms with Crippen LogP contribution in [-0.2, 0) is 47.4 Å². The van der Waals surface area contributed by atoms with Crippen LogP contribution in [0.15, 0.2) is 11.6 Å². The van der Waals surface area contributed by atoms with Gasteiger partial charge in [-0.3, -0.25) is 0 Å². The summed E-state index contributed by atoms with van der Waals surface area (Å²) in [5.41, 5.74) is -0.717. The molecule has 6 saturated heterocycles. The Morgan fingerprint density at radius 3 is 2.03 bits per heavy atom. The summed E-state index contributed by atoms with van der Waals surface area (Å²) in [5.74, 6) is -0.230. The molecule has 10 fully saturated rings. The van der Waals surface area contributed by atoms with Crippen molar-refractivity contribution in [2.24, 2.45) is 45.3 Å². The molecule has 0 aromatic carbocycles. The molecule has 0 radical (unpaired) electrons. The van der Waals surface area contributed by atoms with Crippen molar-refractivity contribution in [3.63, 3.8) is 0 Å². The Balaban J connectivity index is 0.919. The lowest BCUT2D eigenvalue weighted by molar-refractivity contribution is -0.399. The zero-order chi connectivity index (χ0) is 52.7. The largest absolute Gasteiger partial charge is 0.394 e. The van der Waals surface area contributed by atoms with Gasteiger partial charge in [0.15, 0.2) is 30.9 Å². The number of hydrogen-bond acceptors (Lipinski definition) is 21. The van der Waals surface area contributed by atoms with E-state index in [9.17, 15) is 56.2 Å². The van der Waals surface area contributed by atoms with Gasteiger partial charge in [-0.05, 0) is 100 Å². The van der Waals surface area contributed by atoms with Crippen molar-refractivity contribution in [2.75, 3.05) is 26.4 Å². The summed E-state index contributed by atoms with van der Waals surface area (Å²) in [5, 5.41) is 121. The monoisotopic (exact) mass is 1040 g/mol. The molecule has 0 aromatic heterocycles. The highest BCUT2D eigenvalue weighted by atomic mass is 16.8. The minimum Gasteiger partial charge on any atom is -0.394 e. The Bertz CT molecular complexity index is 2010. The first-order valence-corrected chi connectivity index (χ1v) is 26.8. The van der Waals surface area contributed by atoms with Crippen LogP contribution in [0.3, 0.4) is 0 Å². The SMILES string of the molecule is CC(C)=C[C@@H]1C[C@](C)(O)C2C3CCC4[C@@]5(C)CC[C@H](O[C@@H]6OC[C@H](O)[C@H](O[C@@H]7O[C@H](CO)[C@@H](O)[C@H](O)[C@H]7O[C@@H]7OC[C@@H](O)[C@H](O)[C@H]7O)[C@H]6O[C@@H]6O[C@@H](C)[C@H](O)[C@@H](O)[C@H]6O)C(C)(C)C5CC[C@@]4(C)[C@@]34CO[C@@]2(C4)O1. The summed E-state index contributed by atoms with van der Waals surface area (Å²) in [4.78, 5) is 0. The lowest BCUT2D eigenvalue weighted by Crippen LogP contribution is -2.68. The Labute approximate surface area is 426 Å². The van der Waals surface area contributed by atoms with E-state index in [4.69, 9.17) is 47.4 Å². The summed E-state index contributed by atoms with van der Waals surface area (Å²) in [6.07, 6.45) is -20.8. The first kappa shape index (κ1) is 55.2. The van der Waals surface area contributed by atoms with E-state index in [0.717, 1.165) is 44.1 Å². The fraction of sp³-hybridized carbons (Fsp3) is 0.962. The van der Waals surface area contributed by atoms with Gasteiger partial charge in [0.25, 0.3) is 0 Å². The van der Waals surface area contributed by atoms with Crippen molar-refractivity contribution in [1.82, 2.24) is 0 Å². The first-order valence-electron chi connectivity index (χ1n) is 26.8. The van der Waals surface area contributed by atoms with Crippen LogP contribution in [0.25, 0.3) is 0 Å². The van der Waals surface area contributed by atoms with Crippen LogP contribution in [0.5, 0.6) is 0 Å². The van der Waals surface area contributed by atoms with Crippen molar-refractivity contribution < 1.29 is 104 Å². The summed E-state index contributed by atoms with van der Waals surface area (Å²) < 4.78 is 63.4. The fourth-order valence-electron chi connectivity index (χ4n) is 16.9. The third kappa shape index (κ3) is 8.77. The predicted octanol–water partition coefficient (Wildman–Crippen LogP) is -0.542. The Morgan fingerprint density at radius 2 is 1.32 bits per heavy atom. The molecule has 0 amide bonds. The van der Waals surface area contributed by atoms with Gasteiger partial charge in [0.05, 0.1) is 50.3 Å². The molecule has 10 aliphatic rings. The van der Waals surface area contributed by atoms with E-state index in [-0.39, 0.29) is 46.7 Å². The third-order valence-electron chi connectivity index (χ3n) is 20.4. The van der Waals surface area contributed by atoms with E-state index >= 15 is 0 Å². The Morgan fingerprint density at radius 1 is 0.644 bits per heavy atom. The molecule has 11 N–H and O–H groups in total. The van der Waals surface area contributed by atoms with E-state index in [1.165, 1.54) is 6.92 Å². The van der Waals surface area contributed by atoms with E-state index < -0.39 is 147 Å². The highest BCUT2D eigenvalue weighted by molar-refractivity contribution is 5.27. The highest BCUT2D eigenvalue weighted by Crippen LogP contribution is 2.80. The van der Waals surface area contributed by atoms with Crippen LogP contribution in [0.2, 0.25) is 0 Å². The maximum absolute atomic E-state index is 12.3.